The van der Waals surface area contributed by atoms with Crippen LogP contribution in [0.4, 0.5) is 0 Å². The lowest BCUT2D eigenvalue weighted by molar-refractivity contribution is 0.0243. The molecule has 0 bridgehead atoms. The van der Waals surface area contributed by atoms with Crippen LogP contribution in [0.25, 0.3) is 0 Å². The number of hydrogen-bond acceptors (Lipinski definition) is 3. The predicted molar refractivity (Wildman–Crippen MR) is 75.6 cm³/mol. The largest absolute Gasteiger partial charge is 0.396 e. The molecule has 1 atom stereocenters. The molecule has 0 radical (unpaired) electrons. The summed E-state index contributed by atoms with van der Waals surface area (Å²) in [7, 11) is 0. The van der Waals surface area contributed by atoms with Gasteiger partial charge in [-0.15, -0.1) is 0 Å². The Morgan fingerprint density at radius 1 is 1.11 bits per heavy atom. The third-order valence-electron chi connectivity index (χ3n) is 4.16. The van der Waals surface area contributed by atoms with E-state index in [2.05, 4.69) is 12.2 Å². The molecule has 3 N–H and O–H groups in total. The van der Waals surface area contributed by atoms with Gasteiger partial charge >= 0.3 is 0 Å². The Morgan fingerprint density at radius 3 is 2.33 bits per heavy atom. The summed E-state index contributed by atoms with van der Waals surface area (Å²) in [4.78, 5) is 0. The molecule has 0 aromatic carbocycles. The lowest BCUT2D eigenvalue weighted by atomic mass is 9.93. The van der Waals surface area contributed by atoms with Gasteiger partial charge in [-0.25, -0.2) is 0 Å². The van der Waals surface area contributed by atoms with Crippen LogP contribution in [0.3, 0.4) is 0 Å². The van der Waals surface area contributed by atoms with E-state index in [0.29, 0.717) is 5.92 Å². The second-order valence-corrected chi connectivity index (χ2v) is 5.94. The summed E-state index contributed by atoms with van der Waals surface area (Å²) < 4.78 is 0. The first kappa shape index (κ1) is 15.9. The Labute approximate surface area is 112 Å². The molecule has 1 saturated carbocycles. The first-order valence-electron chi connectivity index (χ1n) is 7.74. The van der Waals surface area contributed by atoms with Crippen molar-refractivity contribution in [2.45, 2.75) is 70.3 Å². The van der Waals surface area contributed by atoms with Gasteiger partial charge < -0.3 is 15.5 Å². The molecule has 0 aromatic heterocycles. The number of nitrogens with one attached hydrogen (secondary N) is 1. The van der Waals surface area contributed by atoms with E-state index in [1.807, 2.05) is 0 Å². The van der Waals surface area contributed by atoms with Gasteiger partial charge in [0.1, 0.15) is 0 Å². The van der Waals surface area contributed by atoms with Crippen molar-refractivity contribution in [3.8, 4) is 0 Å². The highest BCUT2D eigenvalue weighted by Crippen LogP contribution is 2.26. The molecule has 18 heavy (non-hydrogen) atoms. The second kappa shape index (κ2) is 8.89. The molecule has 1 unspecified atom stereocenters. The molecule has 0 spiro atoms. The zero-order valence-corrected chi connectivity index (χ0v) is 12.0. The van der Waals surface area contributed by atoms with Crippen LogP contribution < -0.4 is 5.32 Å². The van der Waals surface area contributed by atoms with Crippen molar-refractivity contribution >= 4 is 0 Å². The summed E-state index contributed by atoms with van der Waals surface area (Å²) in [5.41, 5.74) is -0.480. The Morgan fingerprint density at radius 2 is 1.78 bits per heavy atom. The molecule has 1 aliphatic carbocycles. The normalized spacial score (nSPS) is 21.5. The molecule has 108 valence electrons. The van der Waals surface area contributed by atoms with Crippen molar-refractivity contribution in [2.75, 3.05) is 19.7 Å². The highest BCUT2D eigenvalue weighted by atomic mass is 16.3. The molecule has 3 heteroatoms. The summed E-state index contributed by atoms with van der Waals surface area (Å²) in [6, 6.07) is 0. The van der Waals surface area contributed by atoms with E-state index in [0.717, 1.165) is 58.0 Å². The lowest BCUT2D eigenvalue weighted by Crippen LogP contribution is -2.41. The number of aliphatic hydroxyl groups excluding tert-OH is 1. The van der Waals surface area contributed by atoms with Gasteiger partial charge in [0.15, 0.2) is 0 Å². The molecule has 3 nitrogen and oxygen atoms in total. The maximum absolute atomic E-state index is 10.5. The van der Waals surface area contributed by atoms with E-state index < -0.39 is 5.60 Å². The van der Waals surface area contributed by atoms with E-state index in [-0.39, 0.29) is 6.61 Å². The zero-order chi connectivity index (χ0) is 13.3. The van der Waals surface area contributed by atoms with Gasteiger partial charge in [0.25, 0.3) is 0 Å². The van der Waals surface area contributed by atoms with Crippen molar-refractivity contribution in [3.63, 3.8) is 0 Å². The Hall–Kier alpha value is -0.120. The Balaban J connectivity index is 2.25. The SMILES string of the molecule is CCCC(CCO)CNCC1(O)CCCCCC1. The van der Waals surface area contributed by atoms with Crippen LogP contribution in [0.2, 0.25) is 0 Å². The monoisotopic (exact) mass is 257 g/mol. The van der Waals surface area contributed by atoms with E-state index in [9.17, 15) is 5.11 Å². The fourth-order valence-electron chi connectivity index (χ4n) is 3.01. The van der Waals surface area contributed by atoms with Gasteiger partial charge in [-0.1, -0.05) is 39.0 Å². The van der Waals surface area contributed by atoms with Crippen LogP contribution in [-0.4, -0.2) is 35.5 Å². The third-order valence-corrected chi connectivity index (χ3v) is 4.16. The highest BCUT2D eigenvalue weighted by Gasteiger charge is 2.27. The second-order valence-electron chi connectivity index (χ2n) is 5.94. The van der Waals surface area contributed by atoms with Crippen LogP contribution in [0.15, 0.2) is 0 Å². The van der Waals surface area contributed by atoms with E-state index in [1.54, 1.807) is 0 Å². The average Bonchev–Trinajstić information content (AvgIpc) is 2.55. The van der Waals surface area contributed by atoms with Crippen molar-refractivity contribution in [2.24, 2.45) is 5.92 Å². The number of rotatable bonds is 8. The fourth-order valence-corrected chi connectivity index (χ4v) is 3.01. The first-order chi connectivity index (χ1) is 8.70. The van der Waals surface area contributed by atoms with Gasteiger partial charge in [0.05, 0.1) is 5.60 Å². The van der Waals surface area contributed by atoms with E-state index >= 15 is 0 Å². The van der Waals surface area contributed by atoms with Gasteiger partial charge in [-0.2, -0.15) is 0 Å². The van der Waals surface area contributed by atoms with Gasteiger partial charge in [0.2, 0.25) is 0 Å². The standard InChI is InChI=1S/C15H31NO2/c1-2-7-14(8-11-17)12-16-13-15(18)9-5-3-4-6-10-15/h14,16-18H,2-13H2,1H3. The maximum Gasteiger partial charge on any atom is 0.0771 e. The van der Waals surface area contributed by atoms with E-state index in [4.69, 9.17) is 5.11 Å². The van der Waals surface area contributed by atoms with Crippen molar-refractivity contribution in [3.05, 3.63) is 0 Å². The molecule has 1 aliphatic rings. The van der Waals surface area contributed by atoms with Crippen molar-refractivity contribution < 1.29 is 10.2 Å². The topological polar surface area (TPSA) is 52.5 Å². The Kier molecular flexibility index (Phi) is 7.87. The molecule has 0 saturated heterocycles. The quantitative estimate of drug-likeness (QED) is 0.586. The minimum atomic E-state index is -0.480. The molecular formula is C15H31NO2. The Bertz CT molecular complexity index is 195. The van der Waals surface area contributed by atoms with Crippen LogP contribution in [-0.2, 0) is 0 Å². The van der Waals surface area contributed by atoms with Crippen LogP contribution in [0.5, 0.6) is 0 Å². The van der Waals surface area contributed by atoms with Crippen LogP contribution >= 0.6 is 0 Å². The third kappa shape index (κ3) is 6.17. The zero-order valence-electron chi connectivity index (χ0n) is 12.0. The summed E-state index contributed by atoms with van der Waals surface area (Å²) in [6.45, 7) is 4.11. The van der Waals surface area contributed by atoms with Crippen LogP contribution in [0.1, 0.15) is 64.7 Å². The number of aliphatic hydroxyl groups is 2. The molecule has 0 heterocycles. The average molecular weight is 257 g/mol. The molecular weight excluding hydrogens is 226 g/mol. The molecule has 0 amide bonds. The van der Waals surface area contributed by atoms with Crippen LogP contribution in [0, 0.1) is 5.92 Å². The minimum Gasteiger partial charge on any atom is -0.396 e. The molecule has 0 aromatic rings. The minimum absolute atomic E-state index is 0.274. The summed E-state index contributed by atoms with van der Waals surface area (Å²) >= 11 is 0. The smallest absolute Gasteiger partial charge is 0.0771 e. The lowest BCUT2D eigenvalue weighted by Gasteiger charge is -2.28. The summed E-state index contributed by atoms with van der Waals surface area (Å²) in [6.07, 6.45) is 9.94. The summed E-state index contributed by atoms with van der Waals surface area (Å²) in [5.74, 6) is 0.550. The molecule has 1 rings (SSSR count). The molecule has 1 fully saturated rings. The molecule has 0 aliphatic heterocycles. The number of hydrogen-bond donors (Lipinski definition) is 3. The van der Waals surface area contributed by atoms with E-state index in [1.165, 1.54) is 12.8 Å². The van der Waals surface area contributed by atoms with Crippen molar-refractivity contribution in [1.29, 1.82) is 0 Å². The van der Waals surface area contributed by atoms with Gasteiger partial charge in [-0.3, -0.25) is 0 Å². The van der Waals surface area contributed by atoms with Gasteiger partial charge in [-0.05, 0) is 38.1 Å². The van der Waals surface area contributed by atoms with Crippen molar-refractivity contribution in [1.82, 2.24) is 5.32 Å². The fraction of sp³-hybridized carbons (Fsp3) is 1.00. The summed E-state index contributed by atoms with van der Waals surface area (Å²) in [5, 5.41) is 23.0. The highest BCUT2D eigenvalue weighted by molar-refractivity contribution is 4.83. The predicted octanol–water partition coefficient (Wildman–Crippen LogP) is 2.46. The maximum atomic E-state index is 10.5. The first-order valence-corrected chi connectivity index (χ1v) is 7.74. The van der Waals surface area contributed by atoms with Gasteiger partial charge in [0, 0.05) is 13.2 Å².